The first kappa shape index (κ1) is 11.9. The van der Waals surface area contributed by atoms with Gasteiger partial charge in [-0.3, -0.25) is 4.98 Å². The molecule has 15 heavy (non-hydrogen) atoms. The molecule has 2 N–H and O–H groups in total. The molecule has 0 aromatic carbocycles. The van der Waals surface area contributed by atoms with E-state index in [9.17, 15) is 18.3 Å². The molecule has 0 fully saturated rings. The Kier molecular flexibility index (Phi) is 3.65. The third kappa shape index (κ3) is 2.90. The first-order valence-corrected chi connectivity index (χ1v) is 4.23. The predicted molar refractivity (Wildman–Crippen MR) is 45.8 cm³/mol. The summed E-state index contributed by atoms with van der Waals surface area (Å²) in [6.07, 6.45) is -5.20. The standard InChI is InChI=1S/C9H10F3NO2/c10-9(11,12)6(5-14)8(15)7-3-1-2-4-13-7/h1-4,6,8,14-15H,5H2/t6-,8+/m1/s1. The molecule has 0 radical (unpaired) electrons. The monoisotopic (exact) mass is 221 g/mol. The van der Waals surface area contributed by atoms with Gasteiger partial charge in [-0.25, -0.2) is 0 Å². The molecule has 0 saturated heterocycles. The van der Waals surface area contributed by atoms with E-state index in [2.05, 4.69) is 4.98 Å². The van der Waals surface area contributed by atoms with E-state index < -0.39 is 24.8 Å². The van der Waals surface area contributed by atoms with E-state index in [0.29, 0.717) is 0 Å². The highest BCUT2D eigenvalue weighted by atomic mass is 19.4. The van der Waals surface area contributed by atoms with Crippen LogP contribution in [0.25, 0.3) is 0 Å². The van der Waals surface area contributed by atoms with Crippen LogP contribution in [0.3, 0.4) is 0 Å². The number of pyridine rings is 1. The van der Waals surface area contributed by atoms with Crippen molar-refractivity contribution < 1.29 is 23.4 Å². The van der Waals surface area contributed by atoms with Crippen LogP contribution >= 0.6 is 0 Å². The van der Waals surface area contributed by atoms with Gasteiger partial charge in [-0.1, -0.05) is 6.07 Å². The lowest BCUT2D eigenvalue weighted by Crippen LogP contribution is -2.32. The largest absolute Gasteiger partial charge is 0.396 e. The fourth-order valence-electron chi connectivity index (χ4n) is 1.14. The molecule has 0 aliphatic carbocycles. The van der Waals surface area contributed by atoms with E-state index in [1.54, 1.807) is 0 Å². The highest BCUT2D eigenvalue weighted by Gasteiger charge is 2.44. The quantitative estimate of drug-likeness (QED) is 0.808. The van der Waals surface area contributed by atoms with Crippen LogP contribution in [0.15, 0.2) is 24.4 Å². The van der Waals surface area contributed by atoms with E-state index in [1.165, 1.54) is 24.4 Å². The highest BCUT2D eigenvalue weighted by Crippen LogP contribution is 2.34. The summed E-state index contributed by atoms with van der Waals surface area (Å²) in [5.74, 6) is -2.20. The summed E-state index contributed by atoms with van der Waals surface area (Å²) in [7, 11) is 0. The van der Waals surface area contributed by atoms with E-state index in [-0.39, 0.29) is 5.69 Å². The second-order valence-corrected chi connectivity index (χ2v) is 3.03. The summed E-state index contributed by atoms with van der Waals surface area (Å²) in [4.78, 5) is 3.60. The van der Waals surface area contributed by atoms with Gasteiger partial charge in [0.25, 0.3) is 0 Å². The summed E-state index contributed by atoms with van der Waals surface area (Å²) >= 11 is 0. The molecule has 0 aliphatic heterocycles. The summed E-state index contributed by atoms with van der Waals surface area (Å²) in [6, 6.07) is 4.27. The van der Waals surface area contributed by atoms with Gasteiger partial charge in [0, 0.05) is 6.20 Å². The number of nitrogens with zero attached hydrogens (tertiary/aromatic N) is 1. The van der Waals surface area contributed by atoms with Crippen molar-refractivity contribution in [3.63, 3.8) is 0 Å². The van der Waals surface area contributed by atoms with Crippen molar-refractivity contribution in [2.75, 3.05) is 6.61 Å². The molecule has 1 aromatic rings. The van der Waals surface area contributed by atoms with Crippen LogP contribution in [0.1, 0.15) is 11.8 Å². The molecule has 84 valence electrons. The molecule has 1 aromatic heterocycles. The number of aliphatic hydroxyl groups excluding tert-OH is 2. The fraction of sp³-hybridized carbons (Fsp3) is 0.444. The van der Waals surface area contributed by atoms with Crippen LogP contribution in [-0.2, 0) is 0 Å². The summed E-state index contributed by atoms with van der Waals surface area (Å²) in [5, 5.41) is 18.0. The fourth-order valence-corrected chi connectivity index (χ4v) is 1.14. The van der Waals surface area contributed by atoms with Crippen molar-refractivity contribution in [1.82, 2.24) is 4.98 Å². The SMILES string of the molecule is OC[C@H]([C@H](O)c1ccccn1)C(F)(F)F. The first-order chi connectivity index (χ1) is 6.96. The topological polar surface area (TPSA) is 53.4 Å². The average molecular weight is 221 g/mol. The van der Waals surface area contributed by atoms with Gasteiger partial charge in [-0.2, -0.15) is 13.2 Å². The van der Waals surface area contributed by atoms with Crippen LogP contribution in [0.5, 0.6) is 0 Å². The summed E-state index contributed by atoms with van der Waals surface area (Å²) in [5.41, 5.74) is -0.103. The molecule has 0 saturated carbocycles. The third-order valence-corrected chi connectivity index (χ3v) is 1.99. The van der Waals surface area contributed by atoms with Crippen molar-refractivity contribution in [2.24, 2.45) is 5.92 Å². The number of alkyl halides is 3. The number of halogens is 3. The average Bonchev–Trinajstić information content (AvgIpc) is 2.18. The maximum absolute atomic E-state index is 12.3. The number of hydrogen-bond acceptors (Lipinski definition) is 3. The van der Waals surface area contributed by atoms with Crippen molar-refractivity contribution in [1.29, 1.82) is 0 Å². The smallest absolute Gasteiger partial charge is 0.396 e. The molecule has 3 nitrogen and oxygen atoms in total. The van der Waals surface area contributed by atoms with E-state index in [4.69, 9.17) is 5.11 Å². The molecule has 1 rings (SSSR count). The minimum Gasteiger partial charge on any atom is -0.396 e. The van der Waals surface area contributed by atoms with Gasteiger partial charge in [0.05, 0.1) is 12.3 Å². The Morgan fingerprint density at radius 2 is 2.00 bits per heavy atom. The maximum Gasteiger partial charge on any atom is 0.396 e. The van der Waals surface area contributed by atoms with Crippen LogP contribution in [-0.4, -0.2) is 28.0 Å². The van der Waals surface area contributed by atoms with Gasteiger partial charge in [0.2, 0.25) is 0 Å². The van der Waals surface area contributed by atoms with Crippen molar-refractivity contribution in [3.8, 4) is 0 Å². The van der Waals surface area contributed by atoms with E-state index >= 15 is 0 Å². The lowest BCUT2D eigenvalue weighted by molar-refractivity contribution is -0.211. The third-order valence-electron chi connectivity index (χ3n) is 1.99. The molecule has 0 unspecified atom stereocenters. The van der Waals surface area contributed by atoms with Crippen molar-refractivity contribution in [2.45, 2.75) is 12.3 Å². The number of aliphatic hydroxyl groups is 2. The first-order valence-electron chi connectivity index (χ1n) is 4.23. The Labute approximate surface area is 84.2 Å². The van der Waals surface area contributed by atoms with Crippen LogP contribution in [0.2, 0.25) is 0 Å². The number of rotatable bonds is 3. The van der Waals surface area contributed by atoms with Crippen LogP contribution in [0, 0.1) is 5.92 Å². The minimum absolute atomic E-state index is 0.103. The van der Waals surface area contributed by atoms with Gasteiger partial charge in [-0.15, -0.1) is 0 Å². The Hall–Kier alpha value is -1.14. The molecule has 0 amide bonds. The van der Waals surface area contributed by atoms with Gasteiger partial charge in [0.15, 0.2) is 0 Å². The Morgan fingerprint density at radius 3 is 2.40 bits per heavy atom. The zero-order valence-corrected chi connectivity index (χ0v) is 7.65. The molecular weight excluding hydrogens is 211 g/mol. The zero-order chi connectivity index (χ0) is 11.5. The Morgan fingerprint density at radius 1 is 1.33 bits per heavy atom. The molecule has 1 heterocycles. The lowest BCUT2D eigenvalue weighted by Gasteiger charge is -2.22. The zero-order valence-electron chi connectivity index (χ0n) is 7.65. The van der Waals surface area contributed by atoms with Crippen molar-refractivity contribution >= 4 is 0 Å². The Balaban J connectivity index is 2.88. The second-order valence-electron chi connectivity index (χ2n) is 3.03. The normalized spacial score (nSPS) is 16.1. The van der Waals surface area contributed by atoms with Gasteiger partial charge in [-0.05, 0) is 12.1 Å². The molecule has 0 aliphatic rings. The minimum atomic E-state index is -4.65. The predicted octanol–water partition coefficient (Wildman–Crippen LogP) is 1.29. The molecule has 0 bridgehead atoms. The van der Waals surface area contributed by atoms with E-state index in [0.717, 1.165) is 0 Å². The Bertz CT molecular complexity index is 302. The highest BCUT2D eigenvalue weighted by molar-refractivity contribution is 5.08. The van der Waals surface area contributed by atoms with E-state index in [1.807, 2.05) is 0 Å². The molecule has 0 spiro atoms. The number of aromatic nitrogens is 1. The van der Waals surface area contributed by atoms with Gasteiger partial charge < -0.3 is 10.2 Å². The molecular formula is C9H10F3NO2. The second kappa shape index (κ2) is 4.59. The number of hydrogen-bond donors (Lipinski definition) is 2. The lowest BCUT2D eigenvalue weighted by atomic mass is 10.00. The van der Waals surface area contributed by atoms with Crippen LogP contribution < -0.4 is 0 Å². The van der Waals surface area contributed by atoms with Crippen molar-refractivity contribution in [3.05, 3.63) is 30.1 Å². The summed E-state index contributed by atoms with van der Waals surface area (Å²) < 4.78 is 36.9. The van der Waals surface area contributed by atoms with Gasteiger partial charge in [0.1, 0.15) is 12.0 Å². The summed E-state index contributed by atoms with van der Waals surface area (Å²) in [6.45, 7) is -1.17. The molecule has 6 heteroatoms. The van der Waals surface area contributed by atoms with Gasteiger partial charge >= 0.3 is 6.18 Å². The van der Waals surface area contributed by atoms with Crippen LogP contribution in [0.4, 0.5) is 13.2 Å². The maximum atomic E-state index is 12.3. The molecule has 2 atom stereocenters.